The van der Waals surface area contributed by atoms with E-state index >= 15 is 0 Å². The van der Waals surface area contributed by atoms with Crippen LogP contribution in [0.15, 0.2) is 48.5 Å². The number of rotatable bonds is 3. The molecule has 4 rings (SSSR count). The minimum atomic E-state index is -0.640. The average molecular weight is 454 g/mol. The number of carbonyl (C=O) groups is 2. The fraction of sp³-hybridized carbons (Fsp3) is 0.0833. The maximum absolute atomic E-state index is 12.7. The van der Waals surface area contributed by atoms with Crippen LogP contribution >= 0.6 is 23.2 Å². The van der Waals surface area contributed by atoms with Gasteiger partial charge in [0, 0.05) is 21.3 Å². The molecular formula is C24H17Cl2NO4. The fourth-order valence-corrected chi connectivity index (χ4v) is 4.26. The second kappa shape index (κ2) is 8.10. The van der Waals surface area contributed by atoms with Gasteiger partial charge in [0.25, 0.3) is 0 Å². The third-order valence-electron chi connectivity index (χ3n) is 5.13. The average Bonchev–Trinajstić information content (AvgIpc) is 2.98. The van der Waals surface area contributed by atoms with Crippen molar-refractivity contribution in [2.24, 2.45) is 0 Å². The van der Waals surface area contributed by atoms with E-state index in [-0.39, 0.29) is 22.8 Å². The summed E-state index contributed by atoms with van der Waals surface area (Å²) in [6, 6.07) is 12.2. The maximum Gasteiger partial charge on any atom is 0.340 e. The van der Waals surface area contributed by atoms with Gasteiger partial charge in [-0.15, -0.1) is 0 Å². The normalized spacial score (nSPS) is 14.1. The first-order valence-electron chi connectivity index (χ1n) is 9.34. The number of allylic oxidation sites excluding steroid dienone is 2. The Morgan fingerprint density at radius 1 is 1.10 bits per heavy atom. The monoisotopic (exact) mass is 453 g/mol. The minimum absolute atomic E-state index is 0.142. The molecule has 5 nitrogen and oxygen atoms in total. The van der Waals surface area contributed by atoms with Gasteiger partial charge in [0.15, 0.2) is 5.78 Å². The summed E-state index contributed by atoms with van der Waals surface area (Å²) in [6.07, 6.45) is 4.71. The van der Waals surface area contributed by atoms with Crippen LogP contribution in [0.1, 0.15) is 32.7 Å². The van der Waals surface area contributed by atoms with E-state index in [1.165, 1.54) is 23.8 Å². The van der Waals surface area contributed by atoms with Crippen LogP contribution in [0.3, 0.4) is 0 Å². The molecule has 1 heterocycles. The van der Waals surface area contributed by atoms with Gasteiger partial charge in [0.1, 0.15) is 0 Å². The number of benzene rings is 2. The van der Waals surface area contributed by atoms with Crippen LogP contribution in [-0.4, -0.2) is 28.5 Å². The summed E-state index contributed by atoms with van der Waals surface area (Å²) in [4.78, 5) is 25.3. The molecule has 0 fully saturated rings. The first-order valence-corrected chi connectivity index (χ1v) is 10.1. The molecular weight excluding hydrogens is 437 g/mol. The van der Waals surface area contributed by atoms with Crippen molar-refractivity contribution in [3.8, 4) is 11.6 Å². The number of nitrogens with zero attached hydrogens (tertiary/aromatic N) is 1. The fourth-order valence-electron chi connectivity index (χ4n) is 3.75. The van der Waals surface area contributed by atoms with Crippen molar-refractivity contribution in [1.29, 1.82) is 0 Å². The molecule has 31 heavy (non-hydrogen) atoms. The summed E-state index contributed by atoms with van der Waals surface area (Å²) in [5, 5.41) is 11.9. The zero-order valence-corrected chi connectivity index (χ0v) is 18.2. The van der Waals surface area contributed by atoms with E-state index in [1.54, 1.807) is 31.2 Å². The Bertz CT molecular complexity index is 1280. The van der Waals surface area contributed by atoms with Gasteiger partial charge in [-0.1, -0.05) is 53.5 Å². The molecule has 0 saturated carbocycles. The van der Waals surface area contributed by atoms with Gasteiger partial charge in [-0.2, -0.15) is 0 Å². The smallest absolute Gasteiger partial charge is 0.340 e. The van der Waals surface area contributed by atoms with E-state index in [1.807, 2.05) is 24.3 Å². The predicted molar refractivity (Wildman–Crippen MR) is 122 cm³/mol. The Hall–Kier alpha value is -3.28. The van der Waals surface area contributed by atoms with Gasteiger partial charge < -0.3 is 9.84 Å². The van der Waals surface area contributed by atoms with E-state index in [2.05, 4.69) is 0 Å². The molecule has 156 valence electrons. The number of carbonyl (C=O) groups excluding carboxylic acids is 2. The number of methoxy groups -OCH3 is 1. The van der Waals surface area contributed by atoms with E-state index in [9.17, 15) is 14.7 Å². The molecule has 1 aliphatic rings. The zero-order valence-electron chi connectivity index (χ0n) is 16.6. The quantitative estimate of drug-likeness (QED) is 0.406. The summed E-state index contributed by atoms with van der Waals surface area (Å²) in [5.74, 6) is -1.10. The lowest BCUT2D eigenvalue weighted by Gasteiger charge is -2.13. The van der Waals surface area contributed by atoms with Gasteiger partial charge in [-0.05, 0) is 48.4 Å². The van der Waals surface area contributed by atoms with Crippen molar-refractivity contribution >= 4 is 52.7 Å². The molecule has 0 amide bonds. The molecule has 0 aliphatic heterocycles. The molecule has 1 aromatic heterocycles. The number of fused-ring (bicyclic) bond motifs is 1. The summed E-state index contributed by atoms with van der Waals surface area (Å²) in [7, 11) is 1.26. The Morgan fingerprint density at radius 3 is 2.45 bits per heavy atom. The van der Waals surface area contributed by atoms with Crippen molar-refractivity contribution in [2.45, 2.75) is 6.92 Å². The van der Waals surface area contributed by atoms with Crippen LogP contribution in [0.2, 0.25) is 10.0 Å². The number of halogens is 2. The standard InChI is InChI=1S/C24H17Cl2NO4/c1-13-22(24(30)31-2)20(23(29)27(13)17-10-15(25)9-16(26)11-17)12-19-18-6-4-3-5-14(18)7-8-21(19)28/h3-12,29H,1-2H3. The molecule has 3 aromatic rings. The van der Waals surface area contributed by atoms with Crippen LogP contribution in [0.4, 0.5) is 0 Å². The topological polar surface area (TPSA) is 68.5 Å². The predicted octanol–water partition coefficient (Wildman–Crippen LogP) is 5.72. The highest BCUT2D eigenvalue weighted by molar-refractivity contribution is 6.35. The minimum Gasteiger partial charge on any atom is -0.494 e. The lowest BCUT2D eigenvalue weighted by molar-refractivity contribution is -0.109. The Labute approximate surface area is 188 Å². The number of aromatic nitrogens is 1. The second-order valence-corrected chi connectivity index (χ2v) is 7.87. The highest BCUT2D eigenvalue weighted by atomic mass is 35.5. The van der Waals surface area contributed by atoms with Crippen molar-refractivity contribution in [3.05, 3.63) is 86.5 Å². The van der Waals surface area contributed by atoms with Gasteiger partial charge in [-0.25, -0.2) is 4.79 Å². The summed E-state index contributed by atoms with van der Waals surface area (Å²) < 4.78 is 6.40. The van der Waals surface area contributed by atoms with Gasteiger partial charge >= 0.3 is 5.97 Å². The van der Waals surface area contributed by atoms with Gasteiger partial charge in [0.05, 0.1) is 23.9 Å². The van der Waals surface area contributed by atoms with Crippen molar-refractivity contribution in [3.63, 3.8) is 0 Å². The summed E-state index contributed by atoms with van der Waals surface area (Å²) in [5.41, 5.74) is 3.14. The Kier molecular flexibility index (Phi) is 5.48. The largest absolute Gasteiger partial charge is 0.494 e. The molecule has 0 unspecified atom stereocenters. The molecule has 1 aliphatic carbocycles. The molecule has 0 saturated heterocycles. The number of esters is 1. The third kappa shape index (κ3) is 3.67. The van der Waals surface area contributed by atoms with Crippen LogP contribution in [-0.2, 0) is 9.53 Å². The molecule has 0 spiro atoms. The zero-order chi connectivity index (χ0) is 22.3. The van der Waals surface area contributed by atoms with Crippen LogP contribution in [0, 0.1) is 6.92 Å². The van der Waals surface area contributed by atoms with E-state index in [0.717, 1.165) is 5.56 Å². The van der Waals surface area contributed by atoms with Crippen molar-refractivity contribution in [2.75, 3.05) is 7.11 Å². The number of aromatic hydroxyl groups is 1. The summed E-state index contributed by atoms with van der Waals surface area (Å²) >= 11 is 12.3. The molecule has 0 bridgehead atoms. The number of ketones is 1. The van der Waals surface area contributed by atoms with E-state index < -0.39 is 5.97 Å². The van der Waals surface area contributed by atoms with Crippen LogP contribution in [0.5, 0.6) is 5.88 Å². The highest BCUT2D eigenvalue weighted by Gasteiger charge is 2.27. The van der Waals surface area contributed by atoms with Crippen LogP contribution < -0.4 is 0 Å². The van der Waals surface area contributed by atoms with Crippen LogP contribution in [0.25, 0.3) is 23.4 Å². The highest BCUT2D eigenvalue weighted by Crippen LogP contribution is 2.38. The maximum atomic E-state index is 12.7. The Morgan fingerprint density at radius 2 is 1.77 bits per heavy atom. The van der Waals surface area contributed by atoms with Gasteiger partial charge in [0.2, 0.25) is 5.88 Å². The molecule has 0 atom stereocenters. The number of ether oxygens (including phenoxy) is 1. The van der Waals surface area contributed by atoms with Crippen molar-refractivity contribution in [1.82, 2.24) is 4.57 Å². The van der Waals surface area contributed by atoms with E-state index in [0.29, 0.717) is 32.6 Å². The number of hydrogen-bond acceptors (Lipinski definition) is 4. The second-order valence-electron chi connectivity index (χ2n) is 7.00. The van der Waals surface area contributed by atoms with Gasteiger partial charge in [-0.3, -0.25) is 9.36 Å². The number of hydrogen-bond donors (Lipinski definition) is 1. The molecule has 1 N–H and O–H groups in total. The summed E-state index contributed by atoms with van der Waals surface area (Å²) in [6.45, 7) is 1.67. The SMILES string of the molecule is COC(=O)c1c(C=C2C(=O)C=Cc3ccccc32)c(O)n(-c2cc(Cl)cc(Cl)c2)c1C. The molecule has 2 aromatic carbocycles. The lowest BCUT2D eigenvalue weighted by Crippen LogP contribution is -2.07. The third-order valence-corrected chi connectivity index (χ3v) is 5.57. The first kappa shape index (κ1) is 21.0. The molecule has 7 heteroatoms. The first-order chi connectivity index (χ1) is 14.8. The van der Waals surface area contributed by atoms with Crippen molar-refractivity contribution < 1.29 is 19.4 Å². The molecule has 0 radical (unpaired) electrons. The lowest BCUT2D eigenvalue weighted by atomic mass is 9.90. The van der Waals surface area contributed by atoms with E-state index in [4.69, 9.17) is 27.9 Å². The Balaban J connectivity index is 2.01.